The molecule has 1 fully saturated rings. The van der Waals surface area contributed by atoms with Gasteiger partial charge >= 0.3 is 0 Å². The summed E-state index contributed by atoms with van der Waals surface area (Å²) >= 11 is 1.84. The fourth-order valence-corrected chi connectivity index (χ4v) is 3.61. The highest BCUT2D eigenvalue weighted by molar-refractivity contribution is 7.15. The molecule has 0 bridgehead atoms. The molecular weight excluding hydrogens is 268 g/mol. The van der Waals surface area contributed by atoms with Crippen LogP contribution >= 0.6 is 11.3 Å². The maximum Gasteiger partial charge on any atom is 0.185 e. The molecule has 1 aliphatic heterocycles. The number of rotatable bonds is 5. The second kappa shape index (κ2) is 6.87. The first kappa shape index (κ1) is 15.7. The van der Waals surface area contributed by atoms with E-state index in [0.29, 0.717) is 12.1 Å². The number of piperidine rings is 1. The summed E-state index contributed by atoms with van der Waals surface area (Å²) in [5.74, 6) is 0. The van der Waals surface area contributed by atoms with Gasteiger partial charge in [-0.1, -0.05) is 13.8 Å². The van der Waals surface area contributed by atoms with Gasteiger partial charge in [0.25, 0.3) is 0 Å². The van der Waals surface area contributed by atoms with Gasteiger partial charge in [-0.15, -0.1) is 11.3 Å². The third kappa shape index (κ3) is 3.93. The van der Waals surface area contributed by atoms with Crippen LogP contribution in [-0.4, -0.2) is 49.2 Å². The molecule has 2 rings (SSSR count). The van der Waals surface area contributed by atoms with Crippen LogP contribution in [-0.2, 0) is 6.54 Å². The first-order valence-corrected chi connectivity index (χ1v) is 8.40. The van der Waals surface area contributed by atoms with Gasteiger partial charge in [0.2, 0.25) is 0 Å². The Bertz CT molecular complexity index is 422. The summed E-state index contributed by atoms with van der Waals surface area (Å²) in [6.07, 6.45) is 2.48. The monoisotopic (exact) mass is 296 g/mol. The lowest BCUT2D eigenvalue weighted by molar-refractivity contribution is 0.253. The van der Waals surface area contributed by atoms with Crippen LogP contribution in [0.3, 0.4) is 0 Å². The van der Waals surface area contributed by atoms with Crippen LogP contribution in [0, 0.1) is 6.92 Å². The predicted octanol–water partition coefficient (Wildman–Crippen LogP) is 2.48. The maximum atomic E-state index is 4.77. The Kier molecular flexibility index (Phi) is 5.41. The molecule has 0 aliphatic carbocycles. The molecule has 20 heavy (non-hydrogen) atoms. The second-order valence-corrected chi connectivity index (χ2v) is 7.25. The summed E-state index contributed by atoms with van der Waals surface area (Å²) in [5, 5.41) is 4.66. The van der Waals surface area contributed by atoms with Crippen molar-refractivity contribution in [1.29, 1.82) is 0 Å². The number of aromatic nitrogens is 1. The van der Waals surface area contributed by atoms with E-state index in [1.54, 1.807) is 0 Å². The highest BCUT2D eigenvalue weighted by Gasteiger charge is 2.23. The van der Waals surface area contributed by atoms with Crippen LogP contribution in [0.25, 0.3) is 0 Å². The molecule has 4 nitrogen and oxygen atoms in total. The number of nitrogens with one attached hydrogen (secondary N) is 1. The van der Waals surface area contributed by atoms with Crippen LogP contribution in [0.2, 0.25) is 0 Å². The minimum atomic E-state index is 0.520. The van der Waals surface area contributed by atoms with E-state index in [2.05, 4.69) is 50.0 Å². The normalized spacial score (nSPS) is 17.9. The molecule has 2 heterocycles. The predicted molar refractivity (Wildman–Crippen MR) is 87.7 cm³/mol. The van der Waals surface area contributed by atoms with Crippen molar-refractivity contribution in [3.05, 3.63) is 10.6 Å². The number of likely N-dealkylation sites (tertiary alicyclic amines) is 1. The fraction of sp³-hybridized carbons (Fsp3) is 0.800. The Labute approximate surface area is 127 Å². The molecule has 0 unspecified atom stereocenters. The molecule has 0 atom stereocenters. The number of nitrogens with zero attached hydrogens (tertiary/aromatic N) is 3. The zero-order chi connectivity index (χ0) is 14.7. The topological polar surface area (TPSA) is 31.4 Å². The number of hydrogen-bond acceptors (Lipinski definition) is 5. The lowest BCUT2D eigenvalue weighted by Gasteiger charge is -2.34. The van der Waals surface area contributed by atoms with Crippen molar-refractivity contribution in [3.63, 3.8) is 0 Å². The molecule has 1 aliphatic rings. The van der Waals surface area contributed by atoms with Crippen LogP contribution in [0.4, 0.5) is 5.13 Å². The average Bonchev–Trinajstić information content (AvgIpc) is 2.78. The molecule has 1 saturated heterocycles. The van der Waals surface area contributed by atoms with E-state index in [-0.39, 0.29) is 0 Å². The SMILES string of the molecule is Cc1nc(N(C)C2CCN(C)CC2)sc1CNC(C)C. The van der Waals surface area contributed by atoms with E-state index < -0.39 is 0 Å². The van der Waals surface area contributed by atoms with Crippen molar-refractivity contribution < 1.29 is 0 Å². The first-order valence-electron chi connectivity index (χ1n) is 7.58. The van der Waals surface area contributed by atoms with Gasteiger partial charge in [-0.2, -0.15) is 0 Å². The molecule has 0 radical (unpaired) electrons. The zero-order valence-corrected chi connectivity index (χ0v) is 14.3. The van der Waals surface area contributed by atoms with E-state index in [1.807, 2.05) is 11.3 Å². The Morgan fingerprint density at radius 2 is 2.05 bits per heavy atom. The summed E-state index contributed by atoms with van der Waals surface area (Å²) in [7, 11) is 4.41. The van der Waals surface area contributed by atoms with Crippen molar-refractivity contribution in [2.75, 3.05) is 32.1 Å². The average molecular weight is 296 g/mol. The van der Waals surface area contributed by atoms with Crippen molar-refractivity contribution in [3.8, 4) is 0 Å². The van der Waals surface area contributed by atoms with E-state index in [4.69, 9.17) is 4.98 Å². The zero-order valence-electron chi connectivity index (χ0n) is 13.4. The van der Waals surface area contributed by atoms with Gasteiger partial charge in [0.1, 0.15) is 0 Å². The van der Waals surface area contributed by atoms with Gasteiger partial charge in [-0.25, -0.2) is 4.98 Å². The van der Waals surface area contributed by atoms with Crippen LogP contribution < -0.4 is 10.2 Å². The van der Waals surface area contributed by atoms with Gasteiger partial charge in [-0.3, -0.25) is 0 Å². The lowest BCUT2D eigenvalue weighted by atomic mass is 10.0. The minimum Gasteiger partial charge on any atom is -0.348 e. The highest BCUT2D eigenvalue weighted by atomic mass is 32.1. The van der Waals surface area contributed by atoms with E-state index in [1.165, 1.54) is 41.6 Å². The van der Waals surface area contributed by atoms with Gasteiger partial charge in [0.15, 0.2) is 5.13 Å². The summed E-state index contributed by atoms with van der Waals surface area (Å²) in [4.78, 5) is 10.9. The molecular formula is C15H28N4S. The largest absolute Gasteiger partial charge is 0.348 e. The smallest absolute Gasteiger partial charge is 0.185 e. The molecule has 1 aromatic rings. The molecule has 0 aromatic carbocycles. The third-order valence-electron chi connectivity index (χ3n) is 4.09. The quantitative estimate of drug-likeness (QED) is 0.904. The van der Waals surface area contributed by atoms with Crippen molar-refractivity contribution in [1.82, 2.24) is 15.2 Å². The van der Waals surface area contributed by atoms with Crippen molar-refractivity contribution >= 4 is 16.5 Å². The summed E-state index contributed by atoms with van der Waals surface area (Å²) in [6, 6.07) is 1.16. The molecule has 0 spiro atoms. The Morgan fingerprint density at radius 1 is 1.40 bits per heavy atom. The summed E-state index contributed by atoms with van der Waals surface area (Å²) < 4.78 is 0. The van der Waals surface area contributed by atoms with Gasteiger partial charge < -0.3 is 15.1 Å². The number of anilines is 1. The van der Waals surface area contributed by atoms with Crippen molar-refractivity contribution in [2.24, 2.45) is 0 Å². The van der Waals surface area contributed by atoms with Gasteiger partial charge in [0, 0.05) is 30.6 Å². The Morgan fingerprint density at radius 3 is 2.65 bits per heavy atom. The number of aryl methyl sites for hydroxylation is 1. The Hall–Kier alpha value is -0.650. The standard InChI is InChI=1S/C15H28N4S/c1-11(2)16-10-14-12(3)17-15(20-14)19(5)13-6-8-18(4)9-7-13/h11,13,16H,6-10H2,1-5H3. The van der Waals surface area contributed by atoms with E-state index in [0.717, 1.165) is 6.54 Å². The van der Waals surface area contributed by atoms with Crippen LogP contribution in [0.15, 0.2) is 0 Å². The highest BCUT2D eigenvalue weighted by Crippen LogP contribution is 2.28. The third-order valence-corrected chi connectivity index (χ3v) is 5.34. The molecule has 114 valence electrons. The van der Waals surface area contributed by atoms with Gasteiger partial charge in [0.05, 0.1) is 5.69 Å². The molecule has 1 N–H and O–H groups in total. The summed E-state index contributed by atoms with van der Waals surface area (Å²) in [5.41, 5.74) is 1.18. The van der Waals surface area contributed by atoms with Crippen LogP contribution in [0.1, 0.15) is 37.3 Å². The van der Waals surface area contributed by atoms with Crippen LogP contribution in [0.5, 0.6) is 0 Å². The molecule has 5 heteroatoms. The maximum absolute atomic E-state index is 4.77. The van der Waals surface area contributed by atoms with E-state index in [9.17, 15) is 0 Å². The number of thiazole rings is 1. The van der Waals surface area contributed by atoms with E-state index >= 15 is 0 Å². The number of hydrogen-bond donors (Lipinski definition) is 1. The molecule has 1 aromatic heterocycles. The van der Waals surface area contributed by atoms with Crippen molar-refractivity contribution in [2.45, 2.75) is 52.2 Å². The second-order valence-electron chi connectivity index (χ2n) is 6.19. The molecule has 0 amide bonds. The first-order chi connectivity index (χ1) is 9.47. The fourth-order valence-electron chi connectivity index (χ4n) is 2.56. The summed E-state index contributed by atoms with van der Waals surface area (Å²) in [6.45, 7) is 9.81. The Balaban J connectivity index is 1.99. The minimum absolute atomic E-state index is 0.520. The molecule has 0 saturated carbocycles. The lowest BCUT2D eigenvalue weighted by Crippen LogP contribution is -2.41. The van der Waals surface area contributed by atoms with Gasteiger partial charge in [-0.05, 0) is 39.9 Å².